The molecule has 0 bridgehead atoms. The van der Waals surface area contributed by atoms with Crippen LogP contribution in [-0.4, -0.2) is 71.2 Å². The molecular weight excluding hydrogens is 444 g/mol. The molecule has 1 saturated heterocycles. The summed E-state index contributed by atoms with van der Waals surface area (Å²) in [5.41, 5.74) is 2.15. The Hall–Kier alpha value is -3.02. The van der Waals surface area contributed by atoms with E-state index in [1.807, 2.05) is 39.9 Å². The molecule has 1 aliphatic heterocycles. The van der Waals surface area contributed by atoms with Crippen LogP contribution in [0, 0.1) is 10.1 Å². The molecule has 10 nitrogen and oxygen atoms in total. The number of imidazole rings is 1. The molecule has 0 aliphatic carbocycles. The van der Waals surface area contributed by atoms with E-state index < -0.39 is 14.9 Å². The number of benzene rings is 1. The largest absolute Gasteiger partial charge is 0.363 e. The third-order valence-electron chi connectivity index (χ3n) is 6.00. The van der Waals surface area contributed by atoms with Gasteiger partial charge in [-0.25, -0.2) is 13.4 Å². The smallest absolute Gasteiger partial charge is 0.293 e. The summed E-state index contributed by atoms with van der Waals surface area (Å²) in [6, 6.07) is 10.1. The molecule has 1 aromatic carbocycles. The Kier molecular flexibility index (Phi) is 6.63. The number of sulfonamides is 1. The maximum Gasteiger partial charge on any atom is 0.293 e. The van der Waals surface area contributed by atoms with Crippen molar-refractivity contribution in [3.05, 3.63) is 64.6 Å². The van der Waals surface area contributed by atoms with Gasteiger partial charge in [-0.3, -0.25) is 15.0 Å². The number of nitro benzene ring substituents is 1. The average molecular weight is 473 g/mol. The van der Waals surface area contributed by atoms with E-state index in [1.54, 1.807) is 19.9 Å². The summed E-state index contributed by atoms with van der Waals surface area (Å²) >= 11 is 0. The number of pyridine rings is 1. The van der Waals surface area contributed by atoms with E-state index >= 15 is 0 Å². The lowest BCUT2D eigenvalue weighted by molar-refractivity contribution is -0.384. The van der Waals surface area contributed by atoms with Crippen LogP contribution in [0.25, 0.3) is 5.65 Å². The van der Waals surface area contributed by atoms with Gasteiger partial charge < -0.3 is 9.30 Å². The van der Waals surface area contributed by atoms with Crippen LogP contribution >= 0.6 is 0 Å². The number of piperazine rings is 1. The number of aromatic nitrogens is 2. The van der Waals surface area contributed by atoms with Gasteiger partial charge in [0.15, 0.2) is 0 Å². The van der Waals surface area contributed by atoms with Crippen LogP contribution in [-0.2, 0) is 16.6 Å². The Labute approximate surface area is 193 Å². The van der Waals surface area contributed by atoms with Crippen molar-refractivity contribution in [1.29, 1.82) is 0 Å². The Bertz CT molecular complexity index is 1210. The molecular formula is C22H28N6O4S. The predicted molar refractivity (Wildman–Crippen MR) is 126 cm³/mol. The second-order valence-corrected chi connectivity index (χ2v) is 9.90. The quantitative estimate of drug-likeness (QED) is 0.367. The summed E-state index contributed by atoms with van der Waals surface area (Å²) < 4.78 is 28.9. The Morgan fingerprint density at radius 3 is 2.45 bits per heavy atom. The van der Waals surface area contributed by atoms with Gasteiger partial charge in [0.25, 0.3) is 5.69 Å². The Morgan fingerprint density at radius 1 is 1.09 bits per heavy atom. The van der Waals surface area contributed by atoms with E-state index in [0.717, 1.165) is 24.4 Å². The van der Waals surface area contributed by atoms with Crippen molar-refractivity contribution in [2.45, 2.75) is 25.3 Å². The predicted octanol–water partition coefficient (Wildman–Crippen LogP) is 2.60. The van der Waals surface area contributed by atoms with Gasteiger partial charge in [-0.1, -0.05) is 19.9 Å². The summed E-state index contributed by atoms with van der Waals surface area (Å²) in [5.74, 6) is 0. The van der Waals surface area contributed by atoms with Crippen LogP contribution in [0.1, 0.15) is 19.5 Å². The lowest BCUT2D eigenvalue weighted by Crippen LogP contribution is -2.46. The van der Waals surface area contributed by atoms with Gasteiger partial charge in [0, 0.05) is 64.3 Å². The zero-order valence-corrected chi connectivity index (χ0v) is 19.6. The number of hydrogen-bond donors (Lipinski definition) is 0. The van der Waals surface area contributed by atoms with E-state index in [2.05, 4.69) is 9.88 Å². The highest BCUT2D eigenvalue weighted by Gasteiger charge is 2.29. The maximum absolute atomic E-state index is 12.8. The van der Waals surface area contributed by atoms with Crippen LogP contribution in [0.3, 0.4) is 0 Å². The number of nitro groups is 1. The van der Waals surface area contributed by atoms with E-state index in [-0.39, 0.29) is 10.6 Å². The molecule has 11 heteroatoms. The molecule has 1 fully saturated rings. The molecule has 3 heterocycles. The fourth-order valence-corrected chi connectivity index (χ4v) is 5.71. The Morgan fingerprint density at radius 2 is 1.82 bits per heavy atom. The highest BCUT2D eigenvalue weighted by molar-refractivity contribution is 7.89. The van der Waals surface area contributed by atoms with Crippen LogP contribution in [0.15, 0.2) is 53.7 Å². The van der Waals surface area contributed by atoms with E-state index in [9.17, 15) is 18.5 Å². The van der Waals surface area contributed by atoms with E-state index in [1.165, 1.54) is 16.4 Å². The minimum absolute atomic E-state index is 0.0489. The Balaban J connectivity index is 1.48. The molecule has 0 N–H and O–H groups in total. The number of hydrogen-bond acceptors (Lipinski definition) is 7. The molecule has 0 atom stereocenters. The van der Waals surface area contributed by atoms with Crippen LogP contribution in [0.2, 0.25) is 0 Å². The van der Waals surface area contributed by atoms with Gasteiger partial charge in [0.1, 0.15) is 11.3 Å². The standard InChI is InChI=1S/C22H28N6O4S/c1-3-27(4-2)33(31,32)19-8-9-20(21(15-19)28(29)30)25-13-11-24(12-14-25)16-18-17-26-10-6-5-7-22(26)23-18/h5-10,15,17H,3-4,11-14,16H2,1-2H3. The third-order valence-corrected chi connectivity index (χ3v) is 8.05. The first-order chi connectivity index (χ1) is 15.8. The maximum atomic E-state index is 12.8. The van der Waals surface area contributed by atoms with Gasteiger partial charge in [0.2, 0.25) is 10.0 Å². The van der Waals surface area contributed by atoms with Crippen molar-refractivity contribution in [3.63, 3.8) is 0 Å². The van der Waals surface area contributed by atoms with Crippen molar-refractivity contribution in [2.24, 2.45) is 0 Å². The summed E-state index contributed by atoms with van der Waals surface area (Å²) in [4.78, 5) is 20.1. The topological polar surface area (TPSA) is 104 Å². The molecule has 33 heavy (non-hydrogen) atoms. The molecule has 0 radical (unpaired) electrons. The fourth-order valence-electron chi connectivity index (χ4n) is 4.23. The molecule has 0 unspecified atom stereocenters. The summed E-state index contributed by atoms with van der Waals surface area (Å²) in [6.45, 7) is 7.48. The highest BCUT2D eigenvalue weighted by atomic mass is 32.2. The molecule has 1 aliphatic rings. The number of anilines is 1. The number of rotatable bonds is 8. The van der Waals surface area contributed by atoms with Gasteiger partial charge in [-0.15, -0.1) is 0 Å². The zero-order valence-electron chi connectivity index (χ0n) is 18.8. The molecule has 0 spiro atoms. The lowest BCUT2D eigenvalue weighted by atomic mass is 10.2. The molecule has 0 saturated carbocycles. The van der Waals surface area contributed by atoms with Crippen molar-refractivity contribution in [1.82, 2.24) is 18.6 Å². The molecule has 176 valence electrons. The normalized spacial score (nSPS) is 15.4. The monoisotopic (exact) mass is 472 g/mol. The third kappa shape index (κ3) is 4.70. The first kappa shape index (κ1) is 23.1. The van der Waals surface area contributed by atoms with Crippen molar-refractivity contribution in [3.8, 4) is 0 Å². The van der Waals surface area contributed by atoms with Crippen molar-refractivity contribution in [2.75, 3.05) is 44.2 Å². The first-order valence-corrected chi connectivity index (χ1v) is 12.5. The van der Waals surface area contributed by atoms with Crippen molar-refractivity contribution >= 4 is 27.0 Å². The van der Waals surface area contributed by atoms with E-state index in [0.29, 0.717) is 38.4 Å². The summed E-state index contributed by atoms with van der Waals surface area (Å²) in [5, 5.41) is 11.8. The van der Waals surface area contributed by atoms with Gasteiger partial charge >= 0.3 is 0 Å². The lowest BCUT2D eigenvalue weighted by Gasteiger charge is -2.35. The SMILES string of the molecule is CCN(CC)S(=O)(=O)c1ccc(N2CCN(Cc3cn4ccccc4n3)CC2)c([N+](=O)[O-])c1. The average Bonchev–Trinajstić information content (AvgIpc) is 3.22. The number of fused-ring (bicyclic) bond motifs is 1. The van der Waals surface area contributed by atoms with Crippen LogP contribution in [0.5, 0.6) is 0 Å². The molecule has 4 rings (SSSR count). The second kappa shape index (κ2) is 9.46. The van der Waals surface area contributed by atoms with Crippen LogP contribution in [0.4, 0.5) is 11.4 Å². The first-order valence-electron chi connectivity index (χ1n) is 11.0. The van der Waals surface area contributed by atoms with E-state index in [4.69, 9.17) is 0 Å². The molecule has 3 aromatic rings. The highest BCUT2D eigenvalue weighted by Crippen LogP contribution is 2.32. The summed E-state index contributed by atoms with van der Waals surface area (Å²) in [7, 11) is -3.77. The van der Waals surface area contributed by atoms with Gasteiger partial charge in [0.05, 0.1) is 15.5 Å². The zero-order chi connectivity index (χ0) is 23.6. The van der Waals surface area contributed by atoms with Crippen LogP contribution < -0.4 is 4.90 Å². The minimum Gasteiger partial charge on any atom is -0.363 e. The molecule has 0 amide bonds. The minimum atomic E-state index is -3.77. The fraction of sp³-hybridized carbons (Fsp3) is 0.409. The van der Waals surface area contributed by atoms with Crippen molar-refractivity contribution < 1.29 is 13.3 Å². The summed E-state index contributed by atoms with van der Waals surface area (Å²) in [6.07, 6.45) is 3.98. The van der Waals surface area contributed by atoms with Gasteiger partial charge in [-0.2, -0.15) is 4.31 Å². The second-order valence-electron chi connectivity index (χ2n) is 7.96. The molecule has 2 aromatic heterocycles. The van der Waals surface area contributed by atoms with Gasteiger partial charge in [-0.05, 0) is 24.3 Å². The number of nitrogens with zero attached hydrogens (tertiary/aromatic N) is 6.